The van der Waals surface area contributed by atoms with Gasteiger partial charge in [-0.05, 0) is 12.1 Å². The molecule has 0 fully saturated rings. The number of pyridine rings is 1. The van der Waals surface area contributed by atoms with Crippen molar-refractivity contribution in [2.45, 2.75) is 13.0 Å². The minimum absolute atomic E-state index is 0.241. The van der Waals surface area contributed by atoms with E-state index in [-0.39, 0.29) is 12.4 Å². The summed E-state index contributed by atoms with van der Waals surface area (Å²) in [6.45, 7) is 0.796. The van der Waals surface area contributed by atoms with Gasteiger partial charge in [0.05, 0.1) is 24.8 Å². The van der Waals surface area contributed by atoms with Crippen LogP contribution in [0.2, 0.25) is 0 Å². The minimum Gasteiger partial charge on any atom is -0.493 e. The number of hydrogen-bond donors (Lipinski definition) is 3. The number of fused-ring (bicyclic) bond motifs is 2. The summed E-state index contributed by atoms with van der Waals surface area (Å²) in [7, 11) is 5.12. The molecule has 0 saturated carbocycles. The predicted molar refractivity (Wildman–Crippen MR) is 123 cm³/mol. The molecular formula is C22H23FN8O2. The van der Waals surface area contributed by atoms with Crippen molar-refractivity contribution in [3.8, 4) is 22.9 Å². The number of aromatic nitrogens is 5. The monoisotopic (exact) mass is 450 g/mol. The van der Waals surface area contributed by atoms with Crippen LogP contribution in [0.4, 0.5) is 16.0 Å². The minimum atomic E-state index is -0.280. The van der Waals surface area contributed by atoms with Crippen molar-refractivity contribution in [2.24, 2.45) is 0 Å². The summed E-state index contributed by atoms with van der Waals surface area (Å²) in [4.78, 5) is 15.0. The van der Waals surface area contributed by atoms with Crippen LogP contribution < -0.4 is 25.5 Å². The first kappa shape index (κ1) is 20.7. The smallest absolute Gasteiger partial charge is 0.225 e. The van der Waals surface area contributed by atoms with E-state index < -0.39 is 0 Å². The van der Waals surface area contributed by atoms with Gasteiger partial charge in [-0.25, -0.2) is 19.3 Å². The van der Waals surface area contributed by atoms with Gasteiger partial charge < -0.3 is 25.5 Å². The van der Waals surface area contributed by atoms with Crippen molar-refractivity contribution in [2.75, 3.05) is 43.9 Å². The average molecular weight is 450 g/mol. The molecule has 4 aromatic rings. The van der Waals surface area contributed by atoms with Crippen LogP contribution in [-0.2, 0) is 13.0 Å². The number of hydrogen-bond acceptors (Lipinski definition) is 9. The molecule has 11 heteroatoms. The molecule has 3 N–H and O–H groups in total. The Morgan fingerprint density at radius 3 is 2.88 bits per heavy atom. The van der Waals surface area contributed by atoms with Gasteiger partial charge in [0.1, 0.15) is 23.4 Å². The fourth-order valence-electron chi connectivity index (χ4n) is 4.07. The molecule has 0 atom stereocenters. The molecule has 0 saturated heterocycles. The molecule has 0 radical (unpaired) electrons. The second kappa shape index (κ2) is 8.41. The van der Waals surface area contributed by atoms with E-state index in [1.807, 2.05) is 6.07 Å². The summed E-state index contributed by atoms with van der Waals surface area (Å²) in [6, 6.07) is 4.99. The highest BCUT2D eigenvalue weighted by atomic mass is 19.1. The van der Waals surface area contributed by atoms with E-state index in [1.54, 1.807) is 38.3 Å². The summed E-state index contributed by atoms with van der Waals surface area (Å²) in [5.41, 5.74) is 6.52. The van der Waals surface area contributed by atoms with Crippen LogP contribution in [-0.4, -0.2) is 52.7 Å². The molecule has 0 spiro atoms. The van der Waals surface area contributed by atoms with Gasteiger partial charge in [0, 0.05) is 56.0 Å². The Morgan fingerprint density at radius 2 is 2.09 bits per heavy atom. The van der Waals surface area contributed by atoms with E-state index in [9.17, 15) is 4.39 Å². The highest BCUT2D eigenvalue weighted by molar-refractivity contribution is 6.02. The van der Waals surface area contributed by atoms with Gasteiger partial charge in [-0.15, -0.1) is 5.10 Å². The second-order valence-electron chi connectivity index (χ2n) is 7.38. The molecule has 10 nitrogen and oxygen atoms in total. The molecule has 3 aromatic heterocycles. The lowest BCUT2D eigenvalue weighted by Gasteiger charge is -2.15. The summed E-state index contributed by atoms with van der Waals surface area (Å²) < 4.78 is 25.7. The number of anilines is 2. The van der Waals surface area contributed by atoms with E-state index in [4.69, 9.17) is 9.47 Å². The van der Waals surface area contributed by atoms with Crippen molar-refractivity contribution in [1.82, 2.24) is 24.8 Å². The zero-order valence-electron chi connectivity index (χ0n) is 18.4. The topological polar surface area (TPSA) is 111 Å². The standard InChI is InChI=1S/C22H23FN8O2/c1-24-18-8-16(31(25-2)30-18)14-10-27-21(20-19(14)22(32-3)29-11-28-20)26-9-13-12-6-7-33-17(12)5-4-15(13)23/h4-5,8,10-11,25H,6-7,9H2,1-3H3,(H,24,30)(H,26,27). The van der Waals surface area contributed by atoms with Crippen molar-refractivity contribution in [3.05, 3.63) is 47.7 Å². The fourth-order valence-corrected chi connectivity index (χ4v) is 4.07. The van der Waals surface area contributed by atoms with Crippen molar-refractivity contribution < 1.29 is 13.9 Å². The van der Waals surface area contributed by atoms with Gasteiger partial charge in [0.25, 0.3) is 0 Å². The third kappa shape index (κ3) is 3.51. The lowest BCUT2D eigenvalue weighted by Crippen LogP contribution is -2.13. The quantitative estimate of drug-likeness (QED) is 0.391. The SMILES string of the molecule is CNc1cc(-c2cnc(NCc3c(F)ccc4c3CCO4)c3ncnc(OC)c23)n(NC)n1. The highest BCUT2D eigenvalue weighted by Gasteiger charge is 2.22. The molecule has 1 aromatic carbocycles. The molecule has 0 aliphatic carbocycles. The van der Waals surface area contributed by atoms with E-state index in [1.165, 1.54) is 12.4 Å². The van der Waals surface area contributed by atoms with Crippen LogP contribution in [0.15, 0.2) is 30.7 Å². The van der Waals surface area contributed by atoms with Gasteiger partial charge in [0.15, 0.2) is 11.6 Å². The Balaban J connectivity index is 1.60. The number of nitrogens with zero attached hydrogens (tertiary/aromatic N) is 5. The summed E-state index contributed by atoms with van der Waals surface area (Å²) in [6.07, 6.45) is 3.80. The van der Waals surface area contributed by atoms with E-state index in [0.29, 0.717) is 47.0 Å². The zero-order chi connectivity index (χ0) is 22.9. The van der Waals surface area contributed by atoms with Crippen LogP contribution >= 0.6 is 0 Å². The van der Waals surface area contributed by atoms with E-state index in [0.717, 1.165) is 22.6 Å². The van der Waals surface area contributed by atoms with Crippen molar-refractivity contribution in [3.63, 3.8) is 0 Å². The lowest BCUT2D eigenvalue weighted by molar-refractivity contribution is 0.356. The average Bonchev–Trinajstić information content (AvgIpc) is 3.49. The molecule has 33 heavy (non-hydrogen) atoms. The number of benzene rings is 1. The van der Waals surface area contributed by atoms with E-state index >= 15 is 0 Å². The predicted octanol–water partition coefficient (Wildman–Crippen LogP) is 2.80. The Bertz CT molecular complexity index is 1340. The Morgan fingerprint density at radius 1 is 1.21 bits per heavy atom. The Kier molecular flexibility index (Phi) is 5.29. The molecule has 0 unspecified atom stereocenters. The van der Waals surface area contributed by atoms with E-state index in [2.05, 4.69) is 36.1 Å². The maximum Gasteiger partial charge on any atom is 0.225 e. The number of rotatable bonds is 7. The Labute approximate surface area is 189 Å². The van der Waals surface area contributed by atoms with Gasteiger partial charge in [-0.3, -0.25) is 0 Å². The van der Waals surface area contributed by atoms with Crippen LogP contribution in [0.3, 0.4) is 0 Å². The summed E-state index contributed by atoms with van der Waals surface area (Å²) >= 11 is 0. The highest BCUT2D eigenvalue weighted by Crippen LogP contribution is 2.36. The molecule has 4 heterocycles. The number of nitrogens with one attached hydrogen (secondary N) is 3. The van der Waals surface area contributed by atoms with Gasteiger partial charge in [-0.1, -0.05) is 0 Å². The zero-order valence-corrected chi connectivity index (χ0v) is 18.4. The van der Waals surface area contributed by atoms with Gasteiger partial charge in [-0.2, -0.15) is 4.79 Å². The molecule has 5 rings (SSSR count). The fraction of sp³-hybridized carbons (Fsp3) is 0.273. The molecular weight excluding hydrogens is 427 g/mol. The van der Waals surface area contributed by atoms with Gasteiger partial charge >= 0.3 is 0 Å². The Hall–Kier alpha value is -4.15. The number of ether oxygens (including phenoxy) is 2. The van der Waals surface area contributed by atoms with Gasteiger partial charge in [0.2, 0.25) is 5.88 Å². The molecule has 170 valence electrons. The van der Waals surface area contributed by atoms with Crippen LogP contribution in [0.5, 0.6) is 11.6 Å². The third-order valence-electron chi connectivity index (χ3n) is 5.65. The van der Waals surface area contributed by atoms with Crippen LogP contribution in [0.1, 0.15) is 11.1 Å². The lowest BCUT2D eigenvalue weighted by atomic mass is 10.0. The molecule has 0 bridgehead atoms. The molecule has 1 aliphatic heterocycles. The summed E-state index contributed by atoms with van der Waals surface area (Å²) in [5, 5.41) is 11.4. The van der Waals surface area contributed by atoms with Crippen molar-refractivity contribution >= 4 is 22.5 Å². The maximum atomic E-state index is 14.6. The summed E-state index contributed by atoms with van der Waals surface area (Å²) in [5.74, 6) is 2.02. The first-order valence-electron chi connectivity index (χ1n) is 10.4. The number of methoxy groups -OCH3 is 1. The number of halogens is 1. The largest absolute Gasteiger partial charge is 0.493 e. The first-order valence-corrected chi connectivity index (χ1v) is 10.4. The molecule has 1 aliphatic rings. The third-order valence-corrected chi connectivity index (χ3v) is 5.65. The maximum absolute atomic E-state index is 14.6. The van der Waals surface area contributed by atoms with Crippen molar-refractivity contribution in [1.29, 1.82) is 0 Å². The second-order valence-corrected chi connectivity index (χ2v) is 7.38. The normalized spacial score (nSPS) is 12.4. The van der Waals surface area contributed by atoms with Crippen LogP contribution in [0.25, 0.3) is 22.2 Å². The molecule has 0 amide bonds. The first-order chi connectivity index (χ1) is 16.1. The van der Waals surface area contributed by atoms with Crippen LogP contribution in [0, 0.1) is 5.82 Å².